The zero-order valence-corrected chi connectivity index (χ0v) is 16.5. The third-order valence-electron chi connectivity index (χ3n) is 4.32. The van der Waals surface area contributed by atoms with Crippen LogP contribution in [0.15, 0.2) is 72.9 Å². The van der Waals surface area contributed by atoms with E-state index < -0.39 is 6.03 Å². The van der Waals surface area contributed by atoms with Crippen molar-refractivity contribution in [2.75, 3.05) is 5.32 Å². The highest BCUT2D eigenvalue weighted by Crippen LogP contribution is 2.31. The molecule has 2 amide bonds. The molecule has 0 saturated heterocycles. The van der Waals surface area contributed by atoms with E-state index >= 15 is 0 Å². The van der Waals surface area contributed by atoms with Crippen LogP contribution in [-0.4, -0.2) is 11.0 Å². The van der Waals surface area contributed by atoms with Gasteiger partial charge < -0.3 is 10.6 Å². The number of carbonyl (C=O) groups is 1. The van der Waals surface area contributed by atoms with Crippen LogP contribution in [-0.2, 0) is 0 Å². The third kappa shape index (κ3) is 4.50. The molecule has 1 aromatic heterocycles. The van der Waals surface area contributed by atoms with Crippen molar-refractivity contribution in [2.24, 2.45) is 0 Å². The summed E-state index contributed by atoms with van der Waals surface area (Å²) in [6.45, 7) is 2.07. The second-order valence-electron chi connectivity index (χ2n) is 6.52. The van der Waals surface area contributed by atoms with Gasteiger partial charge >= 0.3 is 6.03 Å². The number of hydrogen-bond donors (Lipinski definition) is 2. The number of benzene rings is 3. The summed E-state index contributed by atoms with van der Waals surface area (Å²) in [6.07, 6.45) is 2.91. The molecule has 0 saturated carbocycles. The molecule has 2 N–H and O–H groups in total. The quantitative estimate of drug-likeness (QED) is 0.426. The topological polar surface area (TPSA) is 54.0 Å². The molecule has 0 radical (unpaired) electrons. The Bertz CT molecular complexity index is 1200. The van der Waals surface area contributed by atoms with Gasteiger partial charge in [-0.3, -0.25) is 0 Å². The van der Waals surface area contributed by atoms with Crippen molar-refractivity contribution in [3.05, 3.63) is 89.9 Å². The summed E-state index contributed by atoms with van der Waals surface area (Å²) in [6, 6.07) is 19.7. The number of carbonyl (C=O) groups excluding carboxylic acids is 1. The molecule has 0 aliphatic rings. The first-order valence-electron chi connectivity index (χ1n) is 9.05. The number of anilines is 1. The Labute approximate surface area is 171 Å². The van der Waals surface area contributed by atoms with Gasteiger partial charge in [0.2, 0.25) is 0 Å². The molecule has 0 fully saturated rings. The number of thiazole rings is 1. The van der Waals surface area contributed by atoms with Gasteiger partial charge in [-0.05, 0) is 61.0 Å². The van der Waals surface area contributed by atoms with Gasteiger partial charge in [0.15, 0.2) is 0 Å². The van der Waals surface area contributed by atoms with Gasteiger partial charge in [-0.1, -0.05) is 24.3 Å². The summed E-state index contributed by atoms with van der Waals surface area (Å²) in [7, 11) is 0. The van der Waals surface area contributed by atoms with E-state index in [9.17, 15) is 9.18 Å². The second-order valence-corrected chi connectivity index (χ2v) is 7.55. The maximum absolute atomic E-state index is 13.5. The fourth-order valence-electron chi connectivity index (χ4n) is 2.84. The van der Waals surface area contributed by atoms with Crippen LogP contribution in [0.1, 0.15) is 11.1 Å². The predicted octanol–water partition coefficient (Wildman–Crippen LogP) is 6.20. The van der Waals surface area contributed by atoms with Crippen LogP contribution < -0.4 is 10.6 Å². The number of nitrogens with one attached hydrogen (secondary N) is 2. The summed E-state index contributed by atoms with van der Waals surface area (Å²) in [5.74, 6) is -0.341. The zero-order chi connectivity index (χ0) is 20.2. The minimum Gasteiger partial charge on any atom is -0.314 e. The molecule has 4 nitrogen and oxygen atoms in total. The Balaban J connectivity index is 1.39. The third-order valence-corrected chi connectivity index (χ3v) is 5.38. The minimum atomic E-state index is -0.402. The van der Waals surface area contributed by atoms with Crippen LogP contribution in [0.5, 0.6) is 0 Å². The van der Waals surface area contributed by atoms with Crippen molar-refractivity contribution in [1.29, 1.82) is 0 Å². The van der Waals surface area contributed by atoms with Crippen molar-refractivity contribution >= 4 is 39.3 Å². The smallest absolute Gasteiger partial charge is 0.314 e. The van der Waals surface area contributed by atoms with E-state index in [-0.39, 0.29) is 5.82 Å². The molecule has 0 atom stereocenters. The van der Waals surface area contributed by atoms with Crippen LogP contribution in [0.25, 0.3) is 26.9 Å². The standard InChI is InChI=1S/C23H18FN3OS/c1-15-6-11-20-21(14-15)29-22(27-20)17-7-9-18(10-8-17)26-23(28)25-13-12-16-4-2-3-5-19(16)24/h2-14H,1H3,(H2,25,26,28)/b13-12+. The fraction of sp³-hybridized carbons (Fsp3) is 0.0435. The maximum Gasteiger partial charge on any atom is 0.323 e. The first kappa shape index (κ1) is 18.8. The number of urea groups is 1. The number of hydrogen-bond acceptors (Lipinski definition) is 3. The van der Waals surface area contributed by atoms with E-state index in [2.05, 4.69) is 34.7 Å². The Kier molecular flexibility index (Phi) is 5.35. The highest BCUT2D eigenvalue weighted by atomic mass is 32.1. The van der Waals surface area contributed by atoms with Gasteiger partial charge in [-0.2, -0.15) is 0 Å². The predicted molar refractivity (Wildman–Crippen MR) is 117 cm³/mol. The summed E-state index contributed by atoms with van der Waals surface area (Å²) < 4.78 is 14.7. The van der Waals surface area contributed by atoms with Crippen LogP contribution in [0.4, 0.5) is 14.9 Å². The lowest BCUT2D eigenvalue weighted by Gasteiger charge is -2.05. The van der Waals surface area contributed by atoms with E-state index in [1.807, 2.05) is 30.3 Å². The molecule has 0 bridgehead atoms. The SMILES string of the molecule is Cc1ccc2nc(-c3ccc(NC(=O)N/C=C/c4ccccc4F)cc3)sc2c1. The lowest BCUT2D eigenvalue weighted by molar-refractivity contribution is 0.255. The van der Waals surface area contributed by atoms with Gasteiger partial charge in [0.1, 0.15) is 10.8 Å². The van der Waals surface area contributed by atoms with Crippen molar-refractivity contribution < 1.29 is 9.18 Å². The Morgan fingerprint density at radius 1 is 1.07 bits per heavy atom. The zero-order valence-electron chi connectivity index (χ0n) is 15.6. The molecule has 29 heavy (non-hydrogen) atoms. The summed E-state index contributed by atoms with van der Waals surface area (Å²) >= 11 is 1.64. The number of rotatable bonds is 4. The number of halogens is 1. The van der Waals surface area contributed by atoms with Gasteiger partial charge in [0, 0.05) is 23.0 Å². The normalized spacial score (nSPS) is 11.1. The largest absolute Gasteiger partial charge is 0.323 e. The maximum atomic E-state index is 13.5. The number of aromatic nitrogens is 1. The molecule has 144 valence electrons. The molecule has 6 heteroatoms. The molecule has 1 heterocycles. The summed E-state index contributed by atoms with van der Waals surface area (Å²) in [5.41, 5.74) is 4.25. The van der Waals surface area contributed by atoms with Crippen molar-refractivity contribution in [3.8, 4) is 10.6 Å². The van der Waals surface area contributed by atoms with E-state index in [0.717, 1.165) is 20.8 Å². The Hall–Kier alpha value is -3.51. The monoisotopic (exact) mass is 403 g/mol. The summed E-state index contributed by atoms with van der Waals surface area (Å²) in [5, 5.41) is 6.25. The molecular formula is C23H18FN3OS. The second kappa shape index (κ2) is 8.24. The number of aryl methyl sites for hydroxylation is 1. The first-order chi connectivity index (χ1) is 14.1. The number of nitrogens with zero attached hydrogens (tertiary/aromatic N) is 1. The van der Waals surface area contributed by atoms with Crippen molar-refractivity contribution in [1.82, 2.24) is 10.3 Å². The highest BCUT2D eigenvalue weighted by Gasteiger charge is 2.07. The number of amides is 2. The van der Waals surface area contributed by atoms with Gasteiger partial charge in [-0.25, -0.2) is 14.2 Å². The fourth-order valence-corrected chi connectivity index (χ4v) is 3.91. The Morgan fingerprint density at radius 3 is 2.66 bits per heavy atom. The molecule has 4 aromatic rings. The molecule has 4 rings (SSSR count). The van der Waals surface area contributed by atoms with Gasteiger partial charge in [0.25, 0.3) is 0 Å². The minimum absolute atomic E-state index is 0.341. The van der Waals surface area contributed by atoms with E-state index in [4.69, 9.17) is 0 Å². The van der Waals surface area contributed by atoms with Crippen LogP contribution in [0.2, 0.25) is 0 Å². The molecule has 0 spiro atoms. The highest BCUT2D eigenvalue weighted by molar-refractivity contribution is 7.21. The Morgan fingerprint density at radius 2 is 1.86 bits per heavy atom. The van der Waals surface area contributed by atoms with Gasteiger partial charge in [-0.15, -0.1) is 11.3 Å². The van der Waals surface area contributed by atoms with Crippen LogP contribution >= 0.6 is 11.3 Å². The molecular weight excluding hydrogens is 385 g/mol. The van der Waals surface area contributed by atoms with Crippen molar-refractivity contribution in [3.63, 3.8) is 0 Å². The lowest BCUT2D eigenvalue weighted by atomic mass is 10.2. The van der Waals surface area contributed by atoms with E-state index in [1.54, 1.807) is 29.5 Å². The van der Waals surface area contributed by atoms with Crippen molar-refractivity contribution in [2.45, 2.75) is 6.92 Å². The number of fused-ring (bicyclic) bond motifs is 1. The molecule has 0 unspecified atom stereocenters. The molecule has 3 aromatic carbocycles. The average molecular weight is 403 g/mol. The summed E-state index contributed by atoms with van der Waals surface area (Å²) in [4.78, 5) is 16.7. The van der Waals surface area contributed by atoms with Crippen LogP contribution in [0, 0.1) is 12.7 Å². The molecule has 0 aliphatic carbocycles. The van der Waals surface area contributed by atoms with Crippen LogP contribution in [0.3, 0.4) is 0 Å². The average Bonchev–Trinajstić information content (AvgIpc) is 3.13. The molecule has 0 aliphatic heterocycles. The first-order valence-corrected chi connectivity index (χ1v) is 9.86. The van der Waals surface area contributed by atoms with E-state index in [0.29, 0.717) is 11.3 Å². The van der Waals surface area contributed by atoms with Gasteiger partial charge in [0.05, 0.1) is 10.2 Å². The van der Waals surface area contributed by atoms with E-state index in [1.165, 1.54) is 23.9 Å². The lowest BCUT2D eigenvalue weighted by Crippen LogP contribution is -2.23.